The zero-order valence-corrected chi connectivity index (χ0v) is 11.9. The molecule has 1 saturated heterocycles. The molecule has 1 fully saturated rings. The van der Waals surface area contributed by atoms with Crippen LogP contribution in [0.2, 0.25) is 5.02 Å². The first-order valence-corrected chi connectivity index (χ1v) is 6.63. The summed E-state index contributed by atoms with van der Waals surface area (Å²) in [7, 11) is 1.65. The molecule has 1 unspecified atom stereocenters. The lowest BCUT2D eigenvalue weighted by atomic mass is 10.1. The van der Waals surface area contributed by atoms with Gasteiger partial charge >= 0.3 is 0 Å². The van der Waals surface area contributed by atoms with E-state index in [1.165, 1.54) is 0 Å². The van der Waals surface area contributed by atoms with E-state index >= 15 is 0 Å². The monoisotopic (exact) mass is 269 g/mol. The molecule has 1 aliphatic rings. The third kappa shape index (κ3) is 3.30. The van der Waals surface area contributed by atoms with Gasteiger partial charge in [-0.25, -0.2) is 0 Å². The summed E-state index contributed by atoms with van der Waals surface area (Å²) in [6.45, 7) is 5.04. The zero-order chi connectivity index (χ0) is 13.2. The molecule has 0 radical (unpaired) electrons. The number of ether oxygens (including phenoxy) is 2. The fraction of sp³-hybridized carbons (Fsp3) is 0.571. The third-order valence-electron chi connectivity index (χ3n) is 3.25. The molecular formula is C14H20ClNO2. The van der Waals surface area contributed by atoms with Crippen molar-refractivity contribution in [3.8, 4) is 5.75 Å². The van der Waals surface area contributed by atoms with E-state index in [9.17, 15) is 0 Å². The molecule has 1 aromatic rings. The molecule has 0 aromatic heterocycles. The molecular weight excluding hydrogens is 250 g/mol. The molecule has 1 aromatic carbocycles. The topological polar surface area (TPSA) is 30.5 Å². The van der Waals surface area contributed by atoms with Crippen molar-refractivity contribution in [2.24, 2.45) is 0 Å². The van der Waals surface area contributed by atoms with E-state index in [1.807, 2.05) is 18.2 Å². The number of rotatable bonds is 4. The van der Waals surface area contributed by atoms with Crippen LogP contribution in [-0.4, -0.2) is 25.4 Å². The van der Waals surface area contributed by atoms with Gasteiger partial charge in [0.1, 0.15) is 5.75 Å². The summed E-state index contributed by atoms with van der Waals surface area (Å²) in [5.41, 5.74) is 0.897. The van der Waals surface area contributed by atoms with E-state index in [0.717, 1.165) is 30.8 Å². The van der Waals surface area contributed by atoms with Gasteiger partial charge in [0.15, 0.2) is 0 Å². The van der Waals surface area contributed by atoms with Crippen molar-refractivity contribution in [3.05, 3.63) is 23.2 Å². The first-order chi connectivity index (χ1) is 8.50. The Labute approximate surface area is 113 Å². The number of anilines is 1. The first-order valence-electron chi connectivity index (χ1n) is 6.25. The standard InChI is InChI=1S/C14H20ClNO2/c1-14(2)7-6-11(18-14)9-16-13-8-10(17-3)4-5-12(13)15/h4-5,8,11,16H,6-7,9H2,1-3H3. The van der Waals surface area contributed by atoms with Crippen molar-refractivity contribution < 1.29 is 9.47 Å². The normalized spacial score (nSPS) is 21.9. The van der Waals surface area contributed by atoms with E-state index in [0.29, 0.717) is 5.02 Å². The van der Waals surface area contributed by atoms with Gasteiger partial charge in [0.25, 0.3) is 0 Å². The van der Waals surface area contributed by atoms with Crippen LogP contribution in [0.3, 0.4) is 0 Å². The summed E-state index contributed by atoms with van der Waals surface area (Å²) in [6, 6.07) is 5.59. The lowest BCUT2D eigenvalue weighted by Gasteiger charge is -2.20. The molecule has 1 N–H and O–H groups in total. The van der Waals surface area contributed by atoms with Crippen molar-refractivity contribution in [1.29, 1.82) is 0 Å². The number of benzene rings is 1. The summed E-state index contributed by atoms with van der Waals surface area (Å²) in [4.78, 5) is 0. The Morgan fingerprint density at radius 1 is 1.50 bits per heavy atom. The average molecular weight is 270 g/mol. The molecule has 0 bridgehead atoms. The quantitative estimate of drug-likeness (QED) is 0.904. The number of halogens is 1. The maximum atomic E-state index is 6.14. The summed E-state index contributed by atoms with van der Waals surface area (Å²) in [6.07, 6.45) is 2.44. The number of hydrogen-bond donors (Lipinski definition) is 1. The van der Waals surface area contributed by atoms with Gasteiger partial charge in [0.2, 0.25) is 0 Å². The van der Waals surface area contributed by atoms with Crippen LogP contribution in [0.15, 0.2) is 18.2 Å². The number of methoxy groups -OCH3 is 1. The summed E-state index contributed by atoms with van der Waals surface area (Å²) in [5.74, 6) is 0.801. The van der Waals surface area contributed by atoms with Gasteiger partial charge in [-0.3, -0.25) is 0 Å². The predicted molar refractivity (Wildman–Crippen MR) is 74.7 cm³/mol. The highest BCUT2D eigenvalue weighted by atomic mass is 35.5. The fourth-order valence-electron chi connectivity index (χ4n) is 2.21. The predicted octanol–water partition coefficient (Wildman–Crippen LogP) is 3.72. The SMILES string of the molecule is COc1ccc(Cl)c(NCC2CCC(C)(C)O2)c1. The second-order valence-electron chi connectivity index (χ2n) is 5.26. The zero-order valence-electron chi connectivity index (χ0n) is 11.1. The molecule has 0 spiro atoms. The van der Waals surface area contributed by atoms with Crippen LogP contribution in [0, 0.1) is 0 Å². The summed E-state index contributed by atoms with van der Waals surface area (Å²) >= 11 is 6.14. The maximum Gasteiger partial charge on any atom is 0.121 e. The van der Waals surface area contributed by atoms with Crippen molar-refractivity contribution in [1.82, 2.24) is 0 Å². The van der Waals surface area contributed by atoms with Crippen LogP contribution in [0.4, 0.5) is 5.69 Å². The van der Waals surface area contributed by atoms with E-state index in [1.54, 1.807) is 7.11 Å². The minimum absolute atomic E-state index is 0.00448. The maximum absolute atomic E-state index is 6.14. The lowest BCUT2D eigenvalue weighted by Crippen LogP contribution is -2.24. The molecule has 0 amide bonds. The average Bonchev–Trinajstić information content (AvgIpc) is 2.68. The van der Waals surface area contributed by atoms with Gasteiger partial charge in [-0.15, -0.1) is 0 Å². The molecule has 4 heteroatoms. The molecule has 1 heterocycles. The molecule has 1 atom stereocenters. The highest BCUT2D eigenvalue weighted by molar-refractivity contribution is 6.33. The second-order valence-corrected chi connectivity index (χ2v) is 5.67. The summed E-state index contributed by atoms with van der Waals surface area (Å²) in [5, 5.41) is 4.03. The van der Waals surface area contributed by atoms with Gasteiger partial charge in [0, 0.05) is 12.6 Å². The van der Waals surface area contributed by atoms with Crippen LogP contribution in [0.1, 0.15) is 26.7 Å². The Morgan fingerprint density at radius 2 is 2.28 bits per heavy atom. The molecule has 18 heavy (non-hydrogen) atoms. The van der Waals surface area contributed by atoms with Crippen molar-refractivity contribution in [2.75, 3.05) is 19.0 Å². The Balaban J connectivity index is 1.94. The first kappa shape index (κ1) is 13.5. The minimum atomic E-state index is 0.00448. The smallest absolute Gasteiger partial charge is 0.121 e. The van der Waals surface area contributed by atoms with Crippen molar-refractivity contribution >= 4 is 17.3 Å². The van der Waals surface area contributed by atoms with Gasteiger partial charge in [0.05, 0.1) is 29.5 Å². The van der Waals surface area contributed by atoms with E-state index in [-0.39, 0.29) is 11.7 Å². The van der Waals surface area contributed by atoms with Crippen LogP contribution >= 0.6 is 11.6 Å². The van der Waals surface area contributed by atoms with Crippen molar-refractivity contribution in [2.45, 2.75) is 38.4 Å². The van der Waals surface area contributed by atoms with Crippen molar-refractivity contribution in [3.63, 3.8) is 0 Å². The Bertz CT molecular complexity index is 420. The molecule has 0 aliphatic carbocycles. The van der Waals surface area contributed by atoms with Gasteiger partial charge in [-0.2, -0.15) is 0 Å². The number of hydrogen-bond acceptors (Lipinski definition) is 3. The number of nitrogens with one attached hydrogen (secondary N) is 1. The van der Waals surface area contributed by atoms with Gasteiger partial charge < -0.3 is 14.8 Å². The van der Waals surface area contributed by atoms with Crippen LogP contribution in [-0.2, 0) is 4.74 Å². The van der Waals surface area contributed by atoms with Crippen LogP contribution < -0.4 is 10.1 Å². The van der Waals surface area contributed by atoms with Gasteiger partial charge in [-0.05, 0) is 38.8 Å². The lowest BCUT2D eigenvalue weighted by molar-refractivity contribution is -0.00910. The van der Waals surface area contributed by atoms with E-state index in [2.05, 4.69) is 19.2 Å². The molecule has 0 saturated carbocycles. The molecule has 100 valence electrons. The van der Waals surface area contributed by atoms with Crippen LogP contribution in [0.5, 0.6) is 5.75 Å². The van der Waals surface area contributed by atoms with Crippen LogP contribution in [0.25, 0.3) is 0 Å². The Hall–Kier alpha value is -0.930. The van der Waals surface area contributed by atoms with E-state index < -0.39 is 0 Å². The van der Waals surface area contributed by atoms with E-state index in [4.69, 9.17) is 21.1 Å². The fourth-order valence-corrected chi connectivity index (χ4v) is 2.40. The largest absolute Gasteiger partial charge is 0.497 e. The molecule has 2 rings (SSSR count). The third-order valence-corrected chi connectivity index (χ3v) is 3.58. The van der Waals surface area contributed by atoms with Gasteiger partial charge in [-0.1, -0.05) is 11.6 Å². The second kappa shape index (κ2) is 5.37. The Morgan fingerprint density at radius 3 is 2.89 bits per heavy atom. The highest BCUT2D eigenvalue weighted by Gasteiger charge is 2.31. The molecule has 3 nitrogen and oxygen atoms in total. The highest BCUT2D eigenvalue weighted by Crippen LogP contribution is 2.31. The Kier molecular flexibility index (Phi) is 4.03. The molecule has 1 aliphatic heterocycles. The summed E-state index contributed by atoms with van der Waals surface area (Å²) < 4.78 is 11.1. The minimum Gasteiger partial charge on any atom is -0.497 e.